The van der Waals surface area contributed by atoms with Crippen molar-refractivity contribution < 1.29 is 4.92 Å². The minimum atomic E-state index is -0.306. The predicted octanol–water partition coefficient (Wildman–Crippen LogP) is 15.9. The lowest BCUT2D eigenvalue weighted by Gasteiger charge is -2.11. The van der Waals surface area contributed by atoms with Gasteiger partial charge < -0.3 is 0 Å². The summed E-state index contributed by atoms with van der Waals surface area (Å²) in [6, 6.07) is 61.7. The summed E-state index contributed by atoms with van der Waals surface area (Å²) in [5, 5.41) is 27.0. The van der Waals surface area contributed by atoms with Crippen LogP contribution in [0.1, 0.15) is 11.1 Å². The first-order valence-corrected chi connectivity index (χ1v) is 21.1. The molecule has 0 aliphatic heterocycles. The maximum Gasteiger partial charge on any atom is 0.277 e. The lowest BCUT2D eigenvalue weighted by atomic mass is 9.93. The Bertz CT molecular complexity index is 3710. The maximum atomic E-state index is 11.6. The van der Waals surface area contributed by atoms with E-state index in [1.165, 1.54) is 94.9 Å². The van der Waals surface area contributed by atoms with Crippen molar-refractivity contribution in [1.82, 2.24) is 0 Å². The molecule has 5 heteroatoms. The van der Waals surface area contributed by atoms with Crippen LogP contribution in [0.15, 0.2) is 176 Å². The third kappa shape index (κ3) is 4.91. The molecule has 272 valence electrons. The monoisotopic (exact) mass is 777 g/mol. The largest absolute Gasteiger partial charge is 0.277 e. The Morgan fingerprint density at radius 1 is 0.397 bits per heavy atom. The Labute approximate surface area is 340 Å². The van der Waals surface area contributed by atoms with Crippen molar-refractivity contribution in [2.45, 2.75) is 6.42 Å². The molecule has 0 amide bonds. The molecule has 58 heavy (non-hydrogen) atoms. The van der Waals surface area contributed by atoms with Gasteiger partial charge in [0.1, 0.15) is 0 Å². The molecule has 3 nitrogen and oxygen atoms in total. The van der Waals surface area contributed by atoms with Crippen molar-refractivity contribution >= 4 is 112 Å². The number of nitro benzene ring substituents is 1. The zero-order valence-electron chi connectivity index (χ0n) is 31.0. The standard InChI is InChI=1S/C27H16S.C26H15NO2S/c1-2-6-19-17(5-1)15-18-11-13-22-21(25(18)19)12-9-16-10-14-23-20-7-3-4-8-24(20)28-27(23)26(16)22;28-27(29)23-10-3-1-6-19(23)17-8-5-9-21-18(17)14-12-16-13-15-22-20-7-2-4-11-24(20)30-26(22)25(16)21/h1-14H,15H2;1-15H. The van der Waals surface area contributed by atoms with E-state index >= 15 is 0 Å². The molecule has 1 aliphatic rings. The van der Waals surface area contributed by atoms with Gasteiger partial charge in [-0.2, -0.15) is 0 Å². The summed E-state index contributed by atoms with van der Waals surface area (Å²) in [6.45, 7) is 0. The molecule has 0 spiro atoms. The van der Waals surface area contributed by atoms with Crippen LogP contribution in [0, 0.1) is 10.1 Å². The number of rotatable bonds is 2. The van der Waals surface area contributed by atoms with Crippen LogP contribution in [-0.4, -0.2) is 4.92 Å². The molecule has 13 rings (SSSR count). The van der Waals surface area contributed by atoms with Gasteiger partial charge in [-0.05, 0) is 84.8 Å². The summed E-state index contributed by atoms with van der Waals surface area (Å²) in [4.78, 5) is 11.3. The van der Waals surface area contributed by atoms with Crippen LogP contribution < -0.4 is 0 Å². The van der Waals surface area contributed by atoms with Gasteiger partial charge in [0.05, 0.1) is 10.5 Å². The van der Waals surface area contributed by atoms with E-state index in [0.717, 1.165) is 22.8 Å². The highest BCUT2D eigenvalue weighted by Gasteiger charge is 2.22. The van der Waals surface area contributed by atoms with E-state index in [0.29, 0.717) is 5.56 Å². The average molecular weight is 778 g/mol. The van der Waals surface area contributed by atoms with Gasteiger partial charge in [-0.1, -0.05) is 152 Å². The highest BCUT2D eigenvalue weighted by molar-refractivity contribution is 7.27. The van der Waals surface area contributed by atoms with Crippen LogP contribution in [-0.2, 0) is 6.42 Å². The Kier molecular flexibility index (Phi) is 7.34. The molecule has 0 radical (unpaired) electrons. The third-order valence-corrected chi connectivity index (χ3v) is 14.5. The fourth-order valence-corrected chi connectivity index (χ4v) is 12.0. The molecule has 0 saturated carbocycles. The SMILES string of the molecule is O=[N+]([O-])c1ccccc1-c1cccc2c1ccc1ccc3c4ccccc4sc3c12.c1ccc2c(c1)Cc1ccc3c(ccc4ccc5c6ccccc6sc5c43)c1-2. The molecule has 0 fully saturated rings. The molecule has 0 atom stereocenters. The van der Waals surface area contributed by atoms with Gasteiger partial charge in [0.25, 0.3) is 5.69 Å². The Hall–Kier alpha value is -6.92. The zero-order valence-corrected chi connectivity index (χ0v) is 32.7. The van der Waals surface area contributed by atoms with Crippen LogP contribution in [0.5, 0.6) is 0 Å². The Morgan fingerprint density at radius 2 is 0.897 bits per heavy atom. The highest BCUT2D eigenvalue weighted by Crippen LogP contribution is 2.47. The summed E-state index contributed by atoms with van der Waals surface area (Å²) in [7, 11) is 0. The van der Waals surface area contributed by atoms with E-state index in [2.05, 4.69) is 140 Å². The normalized spacial score (nSPS) is 12.2. The maximum absolute atomic E-state index is 11.6. The van der Waals surface area contributed by atoms with Crippen LogP contribution in [0.4, 0.5) is 5.69 Å². The number of hydrogen-bond donors (Lipinski definition) is 0. The van der Waals surface area contributed by atoms with Gasteiger partial charge in [-0.25, -0.2) is 0 Å². The number of fused-ring (bicyclic) bond motifs is 18. The van der Waals surface area contributed by atoms with Gasteiger partial charge in [0.2, 0.25) is 0 Å². The van der Waals surface area contributed by atoms with Crippen molar-refractivity contribution in [2.24, 2.45) is 0 Å². The second kappa shape index (κ2) is 12.8. The summed E-state index contributed by atoms with van der Waals surface area (Å²) in [5.74, 6) is 0. The number of para-hydroxylation sites is 1. The quantitative estimate of drug-likeness (QED) is 0.0997. The first kappa shape index (κ1) is 33.2. The number of thiophene rings is 2. The summed E-state index contributed by atoms with van der Waals surface area (Å²) >= 11 is 3.73. The van der Waals surface area contributed by atoms with Crippen LogP contribution >= 0.6 is 22.7 Å². The highest BCUT2D eigenvalue weighted by atomic mass is 32.1. The van der Waals surface area contributed by atoms with Crippen LogP contribution in [0.2, 0.25) is 0 Å². The van der Waals surface area contributed by atoms with E-state index in [1.54, 1.807) is 12.1 Å². The third-order valence-electron chi connectivity index (χ3n) is 12.1. The molecule has 0 N–H and O–H groups in total. The van der Waals surface area contributed by atoms with Crippen LogP contribution in [0.25, 0.3) is 106 Å². The van der Waals surface area contributed by atoms with Gasteiger partial charge in [0.15, 0.2) is 0 Å². The van der Waals surface area contributed by atoms with Gasteiger partial charge in [-0.3, -0.25) is 10.1 Å². The van der Waals surface area contributed by atoms with E-state index in [4.69, 9.17) is 0 Å². The first-order valence-electron chi connectivity index (χ1n) is 19.5. The molecule has 12 aromatic rings. The molecule has 2 heterocycles. The van der Waals surface area contributed by atoms with E-state index in [1.807, 2.05) is 46.9 Å². The van der Waals surface area contributed by atoms with Crippen molar-refractivity contribution in [1.29, 1.82) is 0 Å². The summed E-state index contributed by atoms with van der Waals surface area (Å²) in [6.07, 6.45) is 1.05. The minimum absolute atomic E-state index is 0.130. The molecule has 0 bridgehead atoms. The fraction of sp³-hybridized carbons (Fsp3) is 0.0189. The van der Waals surface area contributed by atoms with E-state index < -0.39 is 0 Å². The zero-order chi connectivity index (χ0) is 38.5. The lowest BCUT2D eigenvalue weighted by Crippen LogP contribution is -1.92. The molecule has 2 aromatic heterocycles. The minimum Gasteiger partial charge on any atom is -0.258 e. The van der Waals surface area contributed by atoms with Crippen molar-refractivity contribution in [3.05, 3.63) is 197 Å². The van der Waals surface area contributed by atoms with E-state index in [-0.39, 0.29) is 10.6 Å². The Balaban J connectivity index is 0.000000126. The summed E-state index contributed by atoms with van der Waals surface area (Å²) < 4.78 is 5.31. The molecule has 1 aliphatic carbocycles. The molecule has 10 aromatic carbocycles. The number of benzene rings is 10. The second-order valence-corrected chi connectivity index (χ2v) is 17.2. The molecular weight excluding hydrogens is 747 g/mol. The predicted molar refractivity (Wildman–Crippen MR) is 249 cm³/mol. The van der Waals surface area contributed by atoms with Gasteiger partial charge in [0, 0.05) is 57.2 Å². The number of hydrogen-bond acceptors (Lipinski definition) is 4. The van der Waals surface area contributed by atoms with E-state index in [9.17, 15) is 10.1 Å². The smallest absolute Gasteiger partial charge is 0.258 e. The molecule has 0 unspecified atom stereocenters. The summed E-state index contributed by atoms with van der Waals surface area (Å²) in [5.41, 5.74) is 7.42. The first-order chi connectivity index (χ1) is 28.6. The second-order valence-electron chi connectivity index (χ2n) is 15.1. The number of nitrogens with zero attached hydrogens (tertiary/aromatic N) is 1. The molecule has 0 saturated heterocycles. The Morgan fingerprint density at radius 3 is 1.57 bits per heavy atom. The fourth-order valence-electron chi connectivity index (χ4n) is 9.49. The molecular formula is C53H31NO2S2. The lowest BCUT2D eigenvalue weighted by molar-refractivity contribution is -0.384. The topological polar surface area (TPSA) is 43.1 Å². The van der Waals surface area contributed by atoms with Gasteiger partial charge >= 0.3 is 0 Å². The number of nitro groups is 1. The van der Waals surface area contributed by atoms with Crippen molar-refractivity contribution in [3.8, 4) is 22.3 Å². The van der Waals surface area contributed by atoms with Gasteiger partial charge in [-0.15, -0.1) is 22.7 Å². The average Bonchev–Trinajstić information content (AvgIpc) is 3.97. The van der Waals surface area contributed by atoms with Crippen LogP contribution in [0.3, 0.4) is 0 Å². The van der Waals surface area contributed by atoms with Crippen molar-refractivity contribution in [3.63, 3.8) is 0 Å². The van der Waals surface area contributed by atoms with Crippen molar-refractivity contribution in [2.75, 3.05) is 0 Å².